The van der Waals surface area contributed by atoms with Crippen molar-refractivity contribution in [2.75, 3.05) is 32.7 Å². The summed E-state index contributed by atoms with van der Waals surface area (Å²) in [6.07, 6.45) is 10.3. The molecule has 1 atom stereocenters. The fraction of sp³-hybridized carbons (Fsp3) is 0.533. The standard InChI is InChI=1S/C30H41NO3S/c1-22-10-8-9-13-26(22)28-18-23(16-17-31(2)25-11-6-5-7-12-25)14-15-27(28)29(32)19-24(21-35-4)20-30(33)34-3/h8-10,13-15,18,24-25H,5-7,11-12,16-17,19-21H2,1-4H3. The summed E-state index contributed by atoms with van der Waals surface area (Å²) in [6.45, 7) is 3.13. The van der Waals surface area contributed by atoms with Gasteiger partial charge in [0.1, 0.15) is 0 Å². The third-order valence-electron chi connectivity index (χ3n) is 7.33. The number of benzene rings is 2. The van der Waals surface area contributed by atoms with E-state index in [1.807, 2.05) is 24.5 Å². The predicted molar refractivity (Wildman–Crippen MR) is 147 cm³/mol. The Kier molecular flexibility index (Phi) is 10.9. The lowest BCUT2D eigenvalue weighted by atomic mass is 9.88. The third-order valence-corrected chi connectivity index (χ3v) is 8.14. The van der Waals surface area contributed by atoms with Crippen molar-refractivity contribution in [3.8, 4) is 11.1 Å². The number of nitrogens with zero attached hydrogens (tertiary/aromatic N) is 1. The molecule has 0 amide bonds. The molecule has 1 aliphatic carbocycles. The summed E-state index contributed by atoms with van der Waals surface area (Å²) in [5, 5.41) is 0. The zero-order valence-electron chi connectivity index (χ0n) is 21.8. The van der Waals surface area contributed by atoms with Gasteiger partial charge in [-0.1, -0.05) is 61.7 Å². The molecule has 1 saturated carbocycles. The number of ketones is 1. The van der Waals surface area contributed by atoms with Crippen LogP contribution in [0.3, 0.4) is 0 Å². The predicted octanol–water partition coefficient (Wildman–Crippen LogP) is 6.58. The van der Waals surface area contributed by atoms with Crippen LogP contribution in [-0.2, 0) is 16.0 Å². The molecule has 0 saturated heterocycles. The maximum atomic E-state index is 13.5. The van der Waals surface area contributed by atoms with Gasteiger partial charge in [0.2, 0.25) is 0 Å². The summed E-state index contributed by atoms with van der Waals surface area (Å²) in [4.78, 5) is 27.9. The van der Waals surface area contributed by atoms with Gasteiger partial charge < -0.3 is 9.64 Å². The van der Waals surface area contributed by atoms with E-state index >= 15 is 0 Å². The summed E-state index contributed by atoms with van der Waals surface area (Å²) in [7, 11) is 3.66. The summed E-state index contributed by atoms with van der Waals surface area (Å²) in [5.41, 5.74) is 5.28. The van der Waals surface area contributed by atoms with Crippen molar-refractivity contribution in [2.24, 2.45) is 5.92 Å². The topological polar surface area (TPSA) is 46.6 Å². The maximum absolute atomic E-state index is 13.5. The molecule has 0 spiro atoms. The second kappa shape index (κ2) is 13.8. The first kappa shape index (κ1) is 27.5. The number of likely N-dealkylation sites (N-methyl/N-ethyl adjacent to an activating group) is 1. The minimum atomic E-state index is -0.256. The molecule has 35 heavy (non-hydrogen) atoms. The van der Waals surface area contributed by atoms with Gasteiger partial charge in [0, 0.05) is 31.0 Å². The molecule has 2 aromatic carbocycles. The molecule has 1 unspecified atom stereocenters. The number of rotatable bonds is 12. The number of hydrogen-bond donors (Lipinski definition) is 0. The Morgan fingerprint density at radius 2 is 1.80 bits per heavy atom. The molecular formula is C30H41NO3S. The molecule has 2 aromatic rings. The SMILES string of the molecule is COC(=O)CC(CSC)CC(=O)c1ccc(CCN(C)C2CCCCC2)cc1-c1ccccc1C. The lowest BCUT2D eigenvalue weighted by Gasteiger charge is -2.31. The van der Waals surface area contributed by atoms with Crippen LogP contribution in [0.5, 0.6) is 0 Å². The highest BCUT2D eigenvalue weighted by Gasteiger charge is 2.22. The molecule has 0 aliphatic heterocycles. The number of aryl methyl sites for hydroxylation is 1. The van der Waals surface area contributed by atoms with Gasteiger partial charge >= 0.3 is 5.97 Å². The summed E-state index contributed by atoms with van der Waals surface area (Å²) in [6, 6.07) is 15.3. The van der Waals surface area contributed by atoms with Gasteiger partial charge in [-0.3, -0.25) is 9.59 Å². The van der Waals surface area contributed by atoms with Crippen molar-refractivity contribution in [3.63, 3.8) is 0 Å². The molecule has 1 fully saturated rings. The number of thioether (sulfide) groups is 1. The number of carbonyl (C=O) groups is 2. The Bertz CT molecular complexity index is 983. The van der Waals surface area contributed by atoms with E-state index in [1.54, 1.807) is 11.8 Å². The van der Waals surface area contributed by atoms with Crippen LogP contribution in [0, 0.1) is 12.8 Å². The number of hydrogen-bond acceptors (Lipinski definition) is 5. The van der Waals surface area contributed by atoms with E-state index in [2.05, 4.69) is 43.1 Å². The van der Waals surface area contributed by atoms with Gasteiger partial charge in [-0.15, -0.1) is 0 Å². The average molecular weight is 496 g/mol. The van der Waals surface area contributed by atoms with Gasteiger partial charge in [0.15, 0.2) is 5.78 Å². The first-order valence-corrected chi connectivity index (χ1v) is 14.3. The quantitative estimate of drug-likeness (QED) is 0.246. The molecule has 3 rings (SSSR count). The molecule has 190 valence electrons. The first-order chi connectivity index (χ1) is 16.9. The number of carbonyl (C=O) groups excluding carboxylic acids is 2. The first-order valence-electron chi connectivity index (χ1n) is 12.9. The van der Waals surface area contributed by atoms with Gasteiger partial charge in [-0.25, -0.2) is 0 Å². The minimum Gasteiger partial charge on any atom is -0.469 e. The second-order valence-electron chi connectivity index (χ2n) is 9.95. The van der Waals surface area contributed by atoms with E-state index in [0.717, 1.165) is 41.0 Å². The molecule has 0 heterocycles. The fourth-order valence-electron chi connectivity index (χ4n) is 5.21. The lowest BCUT2D eigenvalue weighted by Crippen LogP contribution is -2.34. The van der Waals surface area contributed by atoms with Crippen LogP contribution < -0.4 is 0 Å². The Morgan fingerprint density at radius 3 is 2.49 bits per heavy atom. The van der Waals surface area contributed by atoms with Crippen LogP contribution in [0.4, 0.5) is 0 Å². The maximum Gasteiger partial charge on any atom is 0.305 e. The van der Waals surface area contributed by atoms with Gasteiger partial charge in [0.25, 0.3) is 0 Å². The van der Waals surface area contributed by atoms with Crippen molar-refractivity contribution < 1.29 is 14.3 Å². The summed E-state index contributed by atoms with van der Waals surface area (Å²) in [5.74, 6) is 0.565. The zero-order chi connectivity index (χ0) is 25.2. The number of esters is 1. The van der Waals surface area contributed by atoms with E-state index < -0.39 is 0 Å². The largest absolute Gasteiger partial charge is 0.469 e. The van der Waals surface area contributed by atoms with E-state index in [1.165, 1.54) is 44.8 Å². The van der Waals surface area contributed by atoms with E-state index in [-0.39, 0.29) is 24.1 Å². The molecule has 5 heteroatoms. The Hall–Kier alpha value is -2.11. The molecule has 1 aliphatic rings. The highest BCUT2D eigenvalue weighted by molar-refractivity contribution is 7.98. The van der Waals surface area contributed by atoms with E-state index in [0.29, 0.717) is 12.5 Å². The molecule has 0 bridgehead atoms. The highest BCUT2D eigenvalue weighted by atomic mass is 32.2. The smallest absolute Gasteiger partial charge is 0.305 e. The van der Waals surface area contributed by atoms with Crippen LogP contribution >= 0.6 is 11.8 Å². The number of ether oxygens (including phenoxy) is 1. The molecular weight excluding hydrogens is 454 g/mol. The van der Waals surface area contributed by atoms with Crippen molar-refractivity contribution in [2.45, 2.75) is 64.3 Å². The van der Waals surface area contributed by atoms with Crippen molar-refractivity contribution in [1.29, 1.82) is 0 Å². The van der Waals surface area contributed by atoms with Crippen LogP contribution in [0.15, 0.2) is 42.5 Å². The lowest BCUT2D eigenvalue weighted by molar-refractivity contribution is -0.141. The van der Waals surface area contributed by atoms with Crippen LogP contribution in [0.25, 0.3) is 11.1 Å². The molecule has 4 nitrogen and oxygen atoms in total. The minimum absolute atomic E-state index is 0.0292. The summed E-state index contributed by atoms with van der Waals surface area (Å²) >= 11 is 1.66. The van der Waals surface area contributed by atoms with Gasteiger partial charge in [-0.2, -0.15) is 11.8 Å². The zero-order valence-corrected chi connectivity index (χ0v) is 22.7. The molecule has 0 aromatic heterocycles. The highest BCUT2D eigenvalue weighted by Crippen LogP contribution is 2.31. The van der Waals surface area contributed by atoms with Gasteiger partial charge in [-0.05, 0) is 73.4 Å². The van der Waals surface area contributed by atoms with E-state index in [4.69, 9.17) is 4.74 Å². The van der Waals surface area contributed by atoms with Crippen molar-refractivity contribution in [3.05, 3.63) is 59.2 Å². The Balaban J connectivity index is 1.83. The summed E-state index contributed by atoms with van der Waals surface area (Å²) < 4.78 is 4.87. The number of methoxy groups -OCH3 is 1. The van der Waals surface area contributed by atoms with Gasteiger partial charge in [0.05, 0.1) is 7.11 Å². The molecule has 0 N–H and O–H groups in total. The van der Waals surface area contributed by atoms with Crippen molar-refractivity contribution >= 4 is 23.5 Å². The normalized spacial score (nSPS) is 15.2. The third kappa shape index (κ3) is 7.94. The van der Waals surface area contributed by atoms with Crippen LogP contribution in [0.1, 0.15) is 66.4 Å². The van der Waals surface area contributed by atoms with Crippen LogP contribution in [-0.4, -0.2) is 55.4 Å². The Morgan fingerprint density at radius 1 is 1.06 bits per heavy atom. The fourth-order valence-corrected chi connectivity index (χ4v) is 5.92. The van der Waals surface area contributed by atoms with Crippen molar-refractivity contribution in [1.82, 2.24) is 4.90 Å². The number of Topliss-reactive ketones (excluding diaryl/α,β-unsaturated/α-hetero) is 1. The van der Waals surface area contributed by atoms with E-state index in [9.17, 15) is 9.59 Å². The Labute approximate surface area is 215 Å². The monoisotopic (exact) mass is 495 g/mol. The average Bonchev–Trinajstić information content (AvgIpc) is 2.88. The molecule has 0 radical (unpaired) electrons. The second-order valence-corrected chi connectivity index (χ2v) is 10.9. The van der Waals surface area contributed by atoms with Crippen LogP contribution in [0.2, 0.25) is 0 Å².